The van der Waals surface area contributed by atoms with Gasteiger partial charge >= 0.3 is 5.97 Å². The maximum absolute atomic E-state index is 13.6. The standard InChI is InChI=1S/C44H51N7O7S2/c1-28-32(19-46-51(28)27-43-22-41(2)21-42(3,23-43)25-44(24-41,26-43)58-17-14-45-15-18-60(55,56)57)30-11-12-36(48-37(30)39(53)54)50-16-13-29-7-6-8-31(33(29)20-50)38(52)49-40-47-34-9-4-5-10-35(34)59-40/h4-12,19,45H,13-18,20-27H2,1-3H3,(H,53,54)(H,47,49,52)(H,55,56,57). The molecule has 0 saturated heterocycles. The number of anilines is 2. The SMILES string of the molecule is Cc1c(-c2ccc(N3CCc4cccc(C(=O)Nc5nc6ccccc6s5)c4C3)nc2C(=O)O)cnn1CC12CC3(C)CC(C)(C1)CC(OCCNCCS(=O)(=O)O)(C3)C2. The minimum Gasteiger partial charge on any atom is -0.476 e. The van der Waals surface area contributed by atoms with Crippen molar-refractivity contribution in [2.24, 2.45) is 16.2 Å². The average Bonchev–Trinajstić information content (AvgIpc) is 3.75. The van der Waals surface area contributed by atoms with E-state index in [2.05, 4.69) is 29.5 Å². The molecule has 4 fully saturated rings. The highest BCUT2D eigenvalue weighted by Crippen LogP contribution is 2.72. The first-order valence-corrected chi connectivity index (χ1v) is 23.0. The number of hydrogen-bond acceptors (Lipinski definition) is 11. The molecule has 316 valence electrons. The molecule has 1 aliphatic heterocycles. The van der Waals surface area contributed by atoms with Crippen LogP contribution in [0, 0.1) is 23.2 Å². The zero-order valence-electron chi connectivity index (χ0n) is 34.2. The Morgan fingerprint density at radius 1 is 0.933 bits per heavy atom. The van der Waals surface area contributed by atoms with Gasteiger partial charge in [-0.2, -0.15) is 13.5 Å². The first-order chi connectivity index (χ1) is 28.5. The van der Waals surface area contributed by atoms with Crippen molar-refractivity contribution < 1.29 is 32.4 Å². The first-order valence-electron chi connectivity index (χ1n) is 20.6. The van der Waals surface area contributed by atoms with Crippen molar-refractivity contribution in [3.63, 3.8) is 0 Å². The van der Waals surface area contributed by atoms with Crippen molar-refractivity contribution in [2.75, 3.05) is 42.2 Å². The minimum atomic E-state index is -4.02. The topological polar surface area (TPSA) is 189 Å². The Morgan fingerprint density at radius 3 is 2.47 bits per heavy atom. The lowest BCUT2D eigenvalue weighted by Crippen LogP contribution is -2.64. The van der Waals surface area contributed by atoms with Crippen molar-refractivity contribution in [3.05, 3.63) is 88.9 Å². The minimum absolute atomic E-state index is 0.0461. The molecule has 0 radical (unpaired) electrons. The molecule has 4 aliphatic carbocycles. The zero-order chi connectivity index (χ0) is 42.1. The fraction of sp³-hybridized carbons (Fsp3) is 0.477. The largest absolute Gasteiger partial charge is 0.476 e. The van der Waals surface area contributed by atoms with Gasteiger partial charge in [0.15, 0.2) is 10.8 Å². The van der Waals surface area contributed by atoms with Crippen molar-refractivity contribution in [1.29, 1.82) is 0 Å². The second-order valence-corrected chi connectivity index (χ2v) is 21.1. The van der Waals surface area contributed by atoms with Crippen LogP contribution >= 0.6 is 11.3 Å². The molecular weight excluding hydrogens is 803 g/mol. The number of thiazole rings is 1. The summed E-state index contributed by atoms with van der Waals surface area (Å²) in [6.07, 6.45) is 8.55. The molecule has 14 nitrogen and oxygen atoms in total. The second kappa shape index (κ2) is 15.0. The fourth-order valence-corrected chi connectivity index (χ4v) is 13.4. The molecule has 5 aliphatic rings. The molecule has 2 unspecified atom stereocenters. The number of carbonyl (C=O) groups is 2. The Bertz CT molecular complexity index is 2570. The summed E-state index contributed by atoms with van der Waals surface area (Å²) in [5.41, 5.74) is 5.29. The van der Waals surface area contributed by atoms with E-state index in [4.69, 9.17) is 19.4 Å². The van der Waals surface area contributed by atoms with Crippen LogP contribution in [0.4, 0.5) is 10.9 Å². The van der Waals surface area contributed by atoms with E-state index in [-0.39, 0.29) is 45.7 Å². The lowest BCUT2D eigenvalue weighted by atomic mass is 9.39. The van der Waals surface area contributed by atoms with Gasteiger partial charge < -0.3 is 20.1 Å². The third kappa shape index (κ3) is 7.95. The van der Waals surface area contributed by atoms with E-state index in [1.807, 2.05) is 71.1 Å². The Morgan fingerprint density at radius 2 is 1.72 bits per heavy atom. The average molecular weight is 854 g/mol. The number of benzene rings is 2. The van der Waals surface area contributed by atoms with E-state index in [9.17, 15) is 23.1 Å². The van der Waals surface area contributed by atoms with Crippen molar-refractivity contribution >= 4 is 54.5 Å². The summed E-state index contributed by atoms with van der Waals surface area (Å²) < 4.78 is 41.1. The van der Waals surface area contributed by atoms with Gasteiger partial charge in [-0.3, -0.25) is 19.3 Å². The second-order valence-electron chi connectivity index (χ2n) is 18.5. The van der Waals surface area contributed by atoms with E-state index in [1.165, 1.54) is 11.3 Å². The molecule has 4 saturated carbocycles. The molecule has 10 rings (SSSR count). The van der Waals surface area contributed by atoms with Crippen LogP contribution in [0.1, 0.15) is 90.0 Å². The molecule has 2 aromatic carbocycles. The number of hydrogen-bond donors (Lipinski definition) is 4. The number of nitrogens with one attached hydrogen (secondary N) is 2. The Labute approximate surface area is 353 Å². The Hall–Kier alpha value is -4.74. The van der Waals surface area contributed by atoms with Crippen LogP contribution in [0.2, 0.25) is 0 Å². The maximum Gasteiger partial charge on any atom is 0.355 e. The highest BCUT2D eigenvalue weighted by atomic mass is 32.2. The molecule has 4 N–H and O–H groups in total. The van der Waals surface area contributed by atoms with E-state index in [0.717, 1.165) is 71.1 Å². The lowest BCUT2D eigenvalue weighted by molar-refractivity contribution is -0.247. The summed E-state index contributed by atoms with van der Waals surface area (Å²) in [6.45, 7) is 9.58. The Balaban J connectivity index is 0.924. The van der Waals surface area contributed by atoms with Crippen LogP contribution in [-0.2, 0) is 34.4 Å². The van der Waals surface area contributed by atoms with Crippen LogP contribution in [0.25, 0.3) is 21.3 Å². The van der Waals surface area contributed by atoms with Crippen molar-refractivity contribution in [3.8, 4) is 11.1 Å². The van der Waals surface area contributed by atoms with E-state index in [0.29, 0.717) is 61.3 Å². The number of amides is 1. The summed E-state index contributed by atoms with van der Waals surface area (Å²) in [5, 5.41) is 22.0. The number of rotatable bonds is 14. The number of para-hydroxylation sites is 1. The van der Waals surface area contributed by atoms with Crippen LogP contribution in [-0.4, -0.2) is 87.3 Å². The van der Waals surface area contributed by atoms with Crippen LogP contribution in [0.3, 0.4) is 0 Å². The number of carboxylic acids is 1. The fourth-order valence-electron chi connectivity index (χ4n) is 12.1. The van der Waals surface area contributed by atoms with Crippen LogP contribution < -0.4 is 15.5 Å². The first kappa shape index (κ1) is 40.7. The smallest absolute Gasteiger partial charge is 0.355 e. The van der Waals surface area contributed by atoms with Crippen molar-refractivity contribution in [1.82, 2.24) is 25.1 Å². The number of pyridine rings is 1. The summed E-state index contributed by atoms with van der Waals surface area (Å²) in [7, 11) is -4.02. The molecule has 4 bridgehead atoms. The summed E-state index contributed by atoms with van der Waals surface area (Å²) in [5.74, 6) is -1.17. The molecule has 2 atom stereocenters. The molecule has 1 amide bonds. The monoisotopic (exact) mass is 853 g/mol. The van der Waals surface area contributed by atoms with E-state index in [1.54, 1.807) is 6.20 Å². The van der Waals surface area contributed by atoms with Gasteiger partial charge in [0.25, 0.3) is 16.0 Å². The number of fused-ring (bicyclic) bond motifs is 2. The molecule has 4 heterocycles. The van der Waals surface area contributed by atoms with Crippen molar-refractivity contribution in [2.45, 2.75) is 84.4 Å². The van der Waals surface area contributed by atoms with Gasteiger partial charge in [0.1, 0.15) is 5.82 Å². The number of nitrogens with zero attached hydrogens (tertiary/aromatic N) is 5. The van der Waals surface area contributed by atoms with Gasteiger partial charge in [-0.1, -0.05) is 49.4 Å². The molecule has 0 spiro atoms. The number of carbonyl (C=O) groups excluding carboxylic acids is 1. The molecular formula is C44H51N7O7S2. The van der Waals surface area contributed by atoms with Crippen LogP contribution in [0.5, 0.6) is 0 Å². The number of aromatic carboxylic acids is 1. The molecule has 5 aromatic rings. The van der Waals surface area contributed by atoms with Gasteiger partial charge in [-0.15, -0.1) is 0 Å². The predicted octanol–water partition coefficient (Wildman–Crippen LogP) is 6.99. The van der Waals surface area contributed by atoms with Gasteiger partial charge in [-0.05, 0) is 110 Å². The normalized spacial score (nSPS) is 25.8. The van der Waals surface area contributed by atoms with Gasteiger partial charge in [0.05, 0.1) is 34.4 Å². The number of carboxylic acid groups (broad SMARTS) is 1. The Kier molecular flexibility index (Phi) is 10.2. The molecule has 3 aromatic heterocycles. The van der Waals surface area contributed by atoms with E-state index < -0.39 is 16.1 Å². The zero-order valence-corrected chi connectivity index (χ0v) is 35.8. The van der Waals surface area contributed by atoms with E-state index >= 15 is 0 Å². The predicted molar refractivity (Wildman–Crippen MR) is 230 cm³/mol. The molecule has 60 heavy (non-hydrogen) atoms. The highest BCUT2D eigenvalue weighted by molar-refractivity contribution is 7.85. The summed E-state index contributed by atoms with van der Waals surface area (Å²) >= 11 is 1.43. The third-order valence-electron chi connectivity index (χ3n) is 13.2. The van der Waals surface area contributed by atoms with Crippen LogP contribution in [0.15, 0.2) is 60.8 Å². The van der Waals surface area contributed by atoms with Gasteiger partial charge in [0.2, 0.25) is 0 Å². The molecule has 16 heteroatoms. The van der Waals surface area contributed by atoms with Gasteiger partial charge in [0, 0.05) is 55.1 Å². The highest BCUT2D eigenvalue weighted by Gasteiger charge is 2.66. The maximum atomic E-state index is 13.6. The summed E-state index contributed by atoms with van der Waals surface area (Å²) in [4.78, 5) is 37.9. The quantitative estimate of drug-likeness (QED) is 0.0663. The third-order valence-corrected chi connectivity index (χ3v) is 14.9. The lowest BCUT2D eigenvalue weighted by Gasteiger charge is -2.69. The summed E-state index contributed by atoms with van der Waals surface area (Å²) in [6, 6.07) is 17.2. The number of ether oxygens (including phenoxy) is 1. The number of aromatic nitrogens is 4. The van der Waals surface area contributed by atoms with Gasteiger partial charge in [-0.25, -0.2) is 14.8 Å².